The van der Waals surface area contributed by atoms with Gasteiger partial charge in [-0.3, -0.25) is 0 Å². The third-order valence-corrected chi connectivity index (χ3v) is 4.35. The van der Waals surface area contributed by atoms with Crippen LogP contribution in [0, 0.1) is 0 Å². The SMILES string of the molecule is BrCCOc1ccc2c(c1)[nH]c1cc(-c3ccccc3)ccc12. The largest absolute Gasteiger partial charge is 0.493 e. The number of aromatic nitrogens is 1. The molecule has 0 aliphatic carbocycles. The lowest BCUT2D eigenvalue weighted by molar-refractivity contribution is 0.345. The Labute approximate surface area is 143 Å². The summed E-state index contributed by atoms with van der Waals surface area (Å²) in [5, 5.41) is 3.30. The van der Waals surface area contributed by atoms with E-state index in [1.54, 1.807) is 0 Å². The van der Waals surface area contributed by atoms with Gasteiger partial charge in [0, 0.05) is 27.7 Å². The Morgan fingerprint density at radius 1 is 0.783 bits per heavy atom. The first kappa shape index (κ1) is 14.3. The Bertz CT molecular complexity index is 959. The van der Waals surface area contributed by atoms with Crippen LogP contribution in [-0.4, -0.2) is 16.9 Å². The van der Waals surface area contributed by atoms with E-state index in [-0.39, 0.29) is 0 Å². The van der Waals surface area contributed by atoms with Crippen molar-refractivity contribution in [1.29, 1.82) is 0 Å². The summed E-state index contributed by atoms with van der Waals surface area (Å²) in [6.07, 6.45) is 0. The molecule has 1 N–H and O–H groups in total. The molecule has 0 radical (unpaired) electrons. The molecule has 0 spiro atoms. The molecule has 2 nitrogen and oxygen atoms in total. The number of alkyl halides is 1. The number of halogens is 1. The van der Waals surface area contributed by atoms with Crippen LogP contribution in [0.1, 0.15) is 0 Å². The van der Waals surface area contributed by atoms with Gasteiger partial charge in [-0.1, -0.05) is 58.4 Å². The average Bonchev–Trinajstić information content (AvgIpc) is 2.97. The van der Waals surface area contributed by atoms with Gasteiger partial charge in [-0.05, 0) is 29.3 Å². The highest BCUT2D eigenvalue weighted by atomic mass is 79.9. The molecule has 23 heavy (non-hydrogen) atoms. The first-order valence-corrected chi connectivity index (χ1v) is 8.77. The summed E-state index contributed by atoms with van der Waals surface area (Å²) in [7, 11) is 0. The molecule has 114 valence electrons. The van der Waals surface area contributed by atoms with Crippen LogP contribution in [0.2, 0.25) is 0 Å². The normalized spacial score (nSPS) is 11.2. The quantitative estimate of drug-likeness (QED) is 0.456. The maximum absolute atomic E-state index is 5.69. The third kappa shape index (κ3) is 2.73. The zero-order valence-electron chi connectivity index (χ0n) is 12.6. The number of nitrogens with one attached hydrogen (secondary N) is 1. The van der Waals surface area contributed by atoms with Crippen molar-refractivity contribution in [2.45, 2.75) is 0 Å². The van der Waals surface area contributed by atoms with Crippen molar-refractivity contribution in [3.63, 3.8) is 0 Å². The number of ether oxygens (including phenoxy) is 1. The van der Waals surface area contributed by atoms with Crippen LogP contribution < -0.4 is 4.74 Å². The van der Waals surface area contributed by atoms with E-state index in [2.05, 4.69) is 75.5 Å². The van der Waals surface area contributed by atoms with Crippen LogP contribution >= 0.6 is 15.9 Å². The van der Waals surface area contributed by atoms with Crippen molar-refractivity contribution in [2.24, 2.45) is 0 Å². The van der Waals surface area contributed by atoms with Crippen molar-refractivity contribution >= 4 is 37.7 Å². The lowest BCUT2D eigenvalue weighted by Crippen LogP contribution is -1.97. The molecule has 0 bridgehead atoms. The monoisotopic (exact) mass is 365 g/mol. The Hall–Kier alpha value is -2.26. The Morgan fingerprint density at radius 3 is 2.30 bits per heavy atom. The van der Waals surface area contributed by atoms with Crippen molar-refractivity contribution in [1.82, 2.24) is 4.98 Å². The number of fused-ring (bicyclic) bond motifs is 3. The second-order valence-electron chi connectivity index (χ2n) is 5.50. The number of H-pyrrole nitrogens is 1. The zero-order chi connectivity index (χ0) is 15.6. The van der Waals surface area contributed by atoms with Crippen molar-refractivity contribution < 1.29 is 4.74 Å². The summed E-state index contributed by atoms with van der Waals surface area (Å²) in [6, 6.07) is 23.3. The summed E-state index contributed by atoms with van der Waals surface area (Å²) in [5.41, 5.74) is 4.71. The maximum atomic E-state index is 5.69. The molecular formula is C20H16BrNO. The summed E-state index contributed by atoms with van der Waals surface area (Å²) in [4.78, 5) is 3.51. The standard InChI is InChI=1S/C20H16BrNO/c21-10-11-23-16-7-9-18-17-8-6-15(14-4-2-1-3-5-14)12-19(17)22-20(18)13-16/h1-9,12-13,22H,10-11H2. The van der Waals surface area contributed by atoms with Crippen molar-refractivity contribution in [3.8, 4) is 16.9 Å². The second-order valence-corrected chi connectivity index (χ2v) is 6.29. The van der Waals surface area contributed by atoms with Gasteiger partial charge < -0.3 is 9.72 Å². The van der Waals surface area contributed by atoms with Crippen LogP contribution in [0.25, 0.3) is 32.9 Å². The fourth-order valence-electron chi connectivity index (χ4n) is 2.95. The maximum Gasteiger partial charge on any atom is 0.121 e. The summed E-state index contributed by atoms with van der Waals surface area (Å²) in [5.74, 6) is 0.895. The predicted molar refractivity (Wildman–Crippen MR) is 101 cm³/mol. The van der Waals surface area contributed by atoms with Gasteiger partial charge in [0.1, 0.15) is 5.75 Å². The van der Waals surface area contributed by atoms with Gasteiger partial charge in [0.15, 0.2) is 0 Å². The molecule has 4 aromatic rings. The molecule has 0 saturated carbocycles. The zero-order valence-corrected chi connectivity index (χ0v) is 14.1. The molecule has 0 fully saturated rings. The van der Waals surface area contributed by atoms with E-state index < -0.39 is 0 Å². The summed E-state index contributed by atoms with van der Waals surface area (Å²) >= 11 is 3.38. The summed E-state index contributed by atoms with van der Waals surface area (Å²) in [6.45, 7) is 0.671. The minimum atomic E-state index is 0.671. The Kier molecular flexibility index (Phi) is 3.80. The van der Waals surface area contributed by atoms with Crippen molar-refractivity contribution in [3.05, 3.63) is 66.7 Å². The highest BCUT2D eigenvalue weighted by Crippen LogP contribution is 2.31. The van der Waals surface area contributed by atoms with E-state index in [9.17, 15) is 0 Å². The van der Waals surface area contributed by atoms with Gasteiger partial charge in [-0.2, -0.15) is 0 Å². The molecule has 1 heterocycles. The van der Waals surface area contributed by atoms with Crippen LogP contribution in [0.3, 0.4) is 0 Å². The smallest absolute Gasteiger partial charge is 0.121 e. The first-order valence-electron chi connectivity index (χ1n) is 7.65. The average molecular weight is 366 g/mol. The molecule has 0 aliphatic heterocycles. The van der Waals surface area contributed by atoms with Gasteiger partial charge in [0.05, 0.1) is 12.1 Å². The van der Waals surface area contributed by atoms with Gasteiger partial charge in [0.2, 0.25) is 0 Å². The minimum absolute atomic E-state index is 0.671. The molecule has 0 unspecified atom stereocenters. The Balaban J connectivity index is 1.81. The van der Waals surface area contributed by atoms with Gasteiger partial charge >= 0.3 is 0 Å². The second kappa shape index (κ2) is 6.09. The minimum Gasteiger partial charge on any atom is -0.493 e. The van der Waals surface area contributed by atoms with Gasteiger partial charge in [-0.15, -0.1) is 0 Å². The van der Waals surface area contributed by atoms with Crippen LogP contribution in [-0.2, 0) is 0 Å². The third-order valence-electron chi connectivity index (χ3n) is 4.02. The number of hydrogen-bond donors (Lipinski definition) is 1. The number of rotatable bonds is 4. The molecule has 0 saturated heterocycles. The molecule has 3 heteroatoms. The van der Waals surface area contributed by atoms with E-state index in [1.165, 1.54) is 21.9 Å². The molecule has 3 aromatic carbocycles. The van der Waals surface area contributed by atoms with Crippen LogP contribution in [0.15, 0.2) is 66.7 Å². The summed E-state index contributed by atoms with van der Waals surface area (Å²) < 4.78 is 5.69. The molecule has 0 aliphatic rings. The van der Waals surface area contributed by atoms with Crippen molar-refractivity contribution in [2.75, 3.05) is 11.9 Å². The fourth-order valence-corrected chi connectivity index (χ4v) is 3.11. The highest BCUT2D eigenvalue weighted by molar-refractivity contribution is 9.09. The molecule has 0 amide bonds. The molecular weight excluding hydrogens is 350 g/mol. The fraction of sp³-hybridized carbons (Fsp3) is 0.100. The van der Waals surface area contributed by atoms with Crippen LogP contribution in [0.4, 0.5) is 0 Å². The van der Waals surface area contributed by atoms with Crippen LogP contribution in [0.5, 0.6) is 5.75 Å². The van der Waals surface area contributed by atoms with Gasteiger partial charge in [-0.25, -0.2) is 0 Å². The number of aromatic amines is 1. The number of benzene rings is 3. The lowest BCUT2D eigenvalue weighted by Gasteiger charge is -2.03. The molecule has 1 aromatic heterocycles. The molecule has 0 atom stereocenters. The van der Waals surface area contributed by atoms with E-state index >= 15 is 0 Å². The first-order chi connectivity index (χ1) is 11.3. The van der Waals surface area contributed by atoms with E-state index in [0.717, 1.165) is 22.1 Å². The topological polar surface area (TPSA) is 25.0 Å². The molecule has 4 rings (SSSR count). The van der Waals surface area contributed by atoms with E-state index in [0.29, 0.717) is 6.61 Å². The Morgan fingerprint density at radius 2 is 1.52 bits per heavy atom. The van der Waals surface area contributed by atoms with E-state index in [4.69, 9.17) is 4.74 Å². The lowest BCUT2D eigenvalue weighted by atomic mass is 10.0. The highest BCUT2D eigenvalue weighted by Gasteiger charge is 2.07. The van der Waals surface area contributed by atoms with E-state index in [1.807, 2.05) is 12.1 Å². The van der Waals surface area contributed by atoms with Gasteiger partial charge in [0.25, 0.3) is 0 Å². The number of hydrogen-bond acceptors (Lipinski definition) is 1. The predicted octanol–water partition coefficient (Wildman–Crippen LogP) is 5.76.